The molecule has 5 heteroatoms. The van der Waals surface area contributed by atoms with Gasteiger partial charge in [-0.2, -0.15) is 4.98 Å². The summed E-state index contributed by atoms with van der Waals surface area (Å²) in [5.41, 5.74) is 1.34. The fourth-order valence-electron chi connectivity index (χ4n) is 2.84. The maximum absolute atomic E-state index is 4.66. The Balaban J connectivity index is 1.53. The van der Waals surface area contributed by atoms with E-state index in [1.165, 1.54) is 5.56 Å². The fourth-order valence-corrected chi connectivity index (χ4v) is 2.84. The summed E-state index contributed by atoms with van der Waals surface area (Å²) in [7, 11) is 0. The molecule has 3 rings (SSSR count). The lowest BCUT2D eigenvalue weighted by Gasteiger charge is -2.34. The Labute approximate surface area is 138 Å². The highest BCUT2D eigenvalue weighted by atomic mass is 15.3. The van der Waals surface area contributed by atoms with Crippen molar-refractivity contribution in [1.82, 2.24) is 14.9 Å². The normalized spacial score (nSPS) is 15.6. The van der Waals surface area contributed by atoms with E-state index >= 15 is 0 Å². The molecule has 1 aromatic carbocycles. The summed E-state index contributed by atoms with van der Waals surface area (Å²) in [5.74, 6) is 1.74. The summed E-state index contributed by atoms with van der Waals surface area (Å²) in [6.07, 6.45) is 2.84. The number of likely N-dealkylation sites (N-methyl/N-ethyl adjacent to an activating group) is 1. The first-order valence-corrected chi connectivity index (χ1v) is 8.43. The molecule has 0 atom stereocenters. The van der Waals surface area contributed by atoms with Crippen LogP contribution in [0.15, 0.2) is 42.6 Å². The van der Waals surface area contributed by atoms with Gasteiger partial charge in [0.05, 0.1) is 0 Å². The van der Waals surface area contributed by atoms with Crippen molar-refractivity contribution in [1.29, 1.82) is 0 Å². The average Bonchev–Trinajstić information content (AvgIpc) is 2.63. The van der Waals surface area contributed by atoms with E-state index in [4.69, 9.17) is 0 Å². The van der Waals surface area contributed by atoms with Crippen LogP contribution in [0, 0.1) is 0 Å². The fraction of sp³-hybridized carbons (Fsp3) is 0.444. The van der Waals surface area contributed by atoms with Crippen LogP contribution in [0.1, 0.15) is 12.5 Å². The first kappa shape index (κ1) is 15.7. The van der Waals surface area contributed by atoms with Gasteiger partial charge in [-0.25, -0.2) is 4.98 Å². The standard InChI is InChI=1S/C18H25N5/c1-2-22-12-14-23(15-13-22)18-20-11-9-17(21-18)19-10-8-16-6-4-3-5-7-16/h3-7,9,11H,2,8,10,12-15H2,1H3,(H,19,20,21). The van der Waals surface area contributed by atoms with Crippen molar-refractivity contribution in [2.24, 2.45) is 0 Å². The monoisotopic (exact) mass is 311 g/mol. The largest absolute Gasteiger partial charge is 0.370 e. The minimum Gasteiger partial charge on any atom is -0.370 e. The number of anilines is 2. The summed E-state index contributed by atoms with van der Waals surface area (Å²) in [6, 6.07) is 12.4. The van der Waals surface area contributed by atoms with Gasteiger partial charge in [0.1, 0.15) is 5.82 Å². The predicted molar refractivity (Wildman–Crippen MR) is 95.0 cm³/mol. The highest BCUT2D eigenvalue weighted by Gasteiger charge is 2.17. The van der Waals surface area contributed by atoms with E-state index in [1.807, 2.05) is 18.3 Å². The van der Waals surface area contributed by atoms with Gasteiger partial charge < -0.3 is 15.1 Å². The van der Waals surface area contributed by atoms with E-state index in [1.54, 1.807) is 0 Å². The zero-order valence-electron chi connectivity index (χ0n) is 13.8. The molecule has 5 nitrogen and oxygen atoms in total. The van der Waals surface area contributed by atoms with Gasteiger partial charge in [0, 0.05) is 38.9 Å². The van der Waals surface area contributed by atoms with Crippen LogP contribution in [0.25, 0.3) is 0 Å². The third-order valence-electron chi connectivity index (χ3n) is 4.31. The highest BCUT2D eigenvalue weighted by Crippen LogP contribution is 2.13. The van der Waals surface area contributed by atoms with Gasteiger partial charge in [-0.3, -0.25) is 0 Å². The van der Waals surface area contributed by atoms with Crippen molar-refractivity contribution in [2.75, 3.05) is 49.5 Å². The van der Waals surface area contributed by atoms with Gasteiger partial charge in [0.25, 0.3) is 0 Å². The molecule has 0 saturated carbocycles. The topological polar surface area (TPSA) is 44.3 Å². The number of nitrogens with one attached hydrogen (secondary N) is 1. The van der Waals surface area contributed by atoms with Gasteiger partial charge in [0.15, 0.2) is 0 Å². The molecule has 0 aliphatic carbocycles. The highest BCUT2D eigenvalue weighted by molar-refractivity contribution is 5.41. The molecule has 1 fully saturated rings. The minimum absolute atomic E-state index is 0.838. The van der Waals surface area contributed by atoms with Crippen LogP contribution in [-0.2, 0) is 6.42 Å². The summed E-state index contributed by atoms with van der Waals surface area (Å²) in [6.45, 7) is 8.39. The van der Waals surface area contributed by atoms with E-state index in [2.05, 4.69) is 56.3 Å². The Hall–Kier alpha value is -2.14. The quantitative estimate of drug-likeness (QED) is 0.886. The molecule has 1 aliphatic heterocycles. The first-order valence-electron chi connectivity index (χ1n) is 8.43. The van der Waals surface area contributed by atoms with Crippen LogP contribution < -0.4 is 10.2 Å². The van der Waals surface area contributed by atoms with Crippen LogP contribution in [0.5, 0.6) is 0 Å². The van der Waals surface area contributed by atoms with Crippen molar-refractivity contribution in [3.8, 4) is 0 Å². The second-order valence-corrected chi connectivity index (χ2v) is 5.83. The zero-order valence-corrected chi connectivity index (χ0v) is 13.8. The van der Waals surface area contributed by atoms with Gasteiger partial charge >= 0.3 is 0 Å². The third kappa shape index (κ3) is 4.42. The second kappa shape index (κ2) is 7.92. The van der Waals surface area contributed by atoms with Gasteiger partial charge in [0.2, 0.25) is 5.95 Å². The number of aromatic nitrogens is 2. The molecule has 2 heterocycles. The number of nitrogens with zero attached hydrogens (tertiary/aromatic N) is 4. The maximum atomic E-state index is 4.66. The Morgan fingerprint density at radius 1 is 1.04 bits per heavy atom. The Kier molecular flexibility index (Phi) is 5.42. The molecule has 1 N–H and O–H groups in total. The van der Waals surface area contributed by atoms with Crippen LogP contribution in [0.3, 0.4) is 0 Å². The maximum Gasteiger partial charge on any atom is 0.227 e. The number of hydrogen-bond donors (Lipinski definition) is 1. The summed E-state index contributed by atoms with van der Waals surface area (Å²) in [4.78, 5) is 13.8. The van der Waals surface area contributed by atoms with Gasteiger partial charge in [-0.1, -0.05) is 37.3 Å². The molecule has 0 radical (unpaired) electrons. The molecule has 0 spiro atoms. The number of hydrogen-bond acceptors (Lipinski definition) is 5. The third-order valence-corrected chi connectivity index (χ3v) is 4.31. The van der Waals surface area contributed by atoms with Crippen LogP contribution >= 0.6 is 0 Å². The number of piperazine rings is 1. The van der Waals surface area contributed by atoms with E-state index < -0.39 is 0 Å². The van der Waals surface area contributed by atoms with E-state index in [9.17, 15) is 0 Å². The molecule has 23 heavy (non-hydrogen) atoms. The van der Waals surface area contributed by atoms with Crippen molar-refractivity contribution in [2.45, 2.75) is 13.3 Å². The summed E-state index contributed by atoms with van der Waals surface area (Å²) in [5, 5.41) is 3.40. The molecule has 0 unspecified atom stereocenters. The number of rotatable bonds is 6. The Bertz CT molecular complexity index is 593. The van der Waals surface area contributed by atoms with Crippen molar-refractivity contribution < 1.29 is 0 Å². The minimum atomic E-state index is 0.838. The molecule has 0 bridgehead atoms. The van der Waals surface area contributed by atoms with E-state index in [0.29, 0.717) is 0 Å². The molecule has 1 saturated heterocycles. The molecule has 1 aromatic heterocycles. The van der Waals surface area contributed by atoms with Crippen LogP contribution in [0.4, 0.5) is 11.8 Å². The van der Waals surface area contributed by atoms with Crippen molar-refractivity contribution >= 4 is 11.8 Å². The molecular formula is C18H25N5. The van der Waals surface area contributed by atoms with Crippen LogP contribution in [-0.4, -0.2) is 54.1 Å². The lowest BCUT2D eigenvalue weighted by Crippen LogP contribution is -2.46. The SMILES string of the molecule is CCN1CCN(c2nccc(NCCc3ccccc3)n2)CC1. The predicted octanol–water partition coefficient (Wildman–Crippen LogP) is 2.27. The molecular weight excluding hydrogens is 286 g/mol. The van der Waals surface area contributed by atoms with Gasteiger partial charge in [-0.05, 0) is 24.6 Å². The molecule has 2 aromatic rings. The Morgan fingerprint density at radius 2 is 1.83 bits per heavy atom. The summed E-state index contributed by atoms with van der Waals surface area (Å²) >= 11 is 0. The molecule has 0 amide bonds. The lowest BCUT2D eigenvalue weighted by molar-refractivity contribution is 0.270. The van der Waals surface area contributed by atoms with Crippen molar-refractivity contribution in [3.63, 3.8) is 0 Å². The van der Waals surface area contributed by atoms with E-state index in [0.717, 1.165) is 57.5 Å². The zero-order chi connectivity index (χ0) is 15.9. The van der Waals surface area contributed by atoms with E-state index in [-0.39, 0.29) is 0 Å². The smallest absolute Gasteiger partial charge is 0.227 e. The second-order valence-electron chi connectivity index (χ2n) is 5.83. The summed E-state index contributed by atoms with van der Waals surface area (Å²) < 4.78 is 0. The first-order chi connectivity index (χ1) is 11.3. The average molecular weight is 311 g/mol. The lowest BCUT2D eigenvalue weighted by atomic mass is 10.1. The van der Waals surface area contributed by atoms with Crippen LogP contribution in [0.2, 0.25) is 0 Å². The van der Waals surface area contributed by atoms with Crippen molar-refractivity contribution in [3.05, 3.63) is 48.2 Å². The molecule has 122 valence electrons. The molecule has 1 aliphatic rings. The number of benzene rings is 1. The van der Waals surface area contributed by atoms with Gasteiger partial charge in [-0.15, -0.1) is 0 Å². The Morgan fingerprint density at radius 3 is 2.57 bits per heavy atom.